The Kier molecular flexibility index (Phi) is 4.76. The quantitative estimate of drug-likeness (QED) is 0.193. The Labute approximate surface area is 232 Å². The second-order valence-electron chi connectivity index (χ2n) is 13.5. The van der Waals surface area contributed by atoms with Gasteiger partial charge in [-0.3, -0.25) is 14.9 Å². The SMILES string of the molecule is CC(C)(C)C1=CC(=C(c2cc3ccccc3s2)N2C3C4C(c5cccc([N+](=O)[O-])c5)C432)C=C(C(C)(C)C)C1=O. The van der Waals surface area contributed by atoms with E-state index in [1.54, 1.807) is 29.5 Å². The van der Waals surface area contributed by atoms with Crippen LogP contribution in [0.4, 0.5) is 5.69 Å². The zero-order valence-electron chi connectivity index (χ0n) is 23.1. The van der Waals surface area contributed by atoms with Crippen LogP contribution in [0.5, 0.6) is 0 Å². The summed E-state index contributed by atoms with van der Waals surface area (Å²) in [6.45, 7) is 12.7. The lowest BCUT2D eigenvalue weighted by Crippen LogP contribution is -2.28. The van der Waals surface area contributed by atoms with Crippen molar-refractivity contribution in [2.24, 2.45) is 16.7 Å². The number of hydrogen-bond donors (Lipinski definition) is 0. The average molecular weight is 537 g/mol. The van der Waals surface area contributed by atoms with Gasteiger partial charge >= 0.3 is 0 Å². The minimum absolute atomic E-state index is 0.0562. The number of nitro groups is 1. The van der Waals surface area contributed by atoms with Gasteiger partial charge in [0.05, 0.1) is 27.1 Å². The first-order valence-corrected chi connectivity index (χ1v) is 14.4. The lowest BCUT2D eigenvalue weighted by Gasteiger charge is -2.32. The van der Waals surface area contributed by atoms with Crippen molar-refractivity contribution in [3.05, 3.63) is 104 Å². The number of nitro benzene ring substituents is 1. The molecule has 3 aromatic rings. The second-order valence-corrected chi connectivity index (χ2v) is 14.5. The van der Waals surface area contributed by atoms with Crippen LogP contribution in [0.2, 0.25) is 0 Å². The molecule has 3 aliphatic carbocycles. The topological polar surface area (TPSA) is 63.2 Å². The van der Waals surface area contributed by atoms with Crippen molar-refractivity contribution >= 4 is 38.6 Å². The molecule has 1 aliphatic heterocycles. The van der Waals surface area contributed by atoms with Crippen LogP contribution in [-0.2, 0) is 4.79 Å². The number of fused-ring (bicyclic) bond motifs is 2. The number of carbonyl (C=O) groups is 1. The minimum atomic E-state index is -0.307. The molecule has 39 heavy (non-hydrogen) atoms. The highest BCUT2D eigenvalue weighted by Crippen LogP contribution is 2.95. The van der Waals surface area contributed by atoms with E-state index < -0.39 is 0 Å². The summed E-state index contributed by atoms with van der Waals surface area (Å²) in [6, 6.07) is 18.4. The Morgan fingerprint density at radius 2 is 1.62 bits per heavy atom. The van der Waals surface area contributed by atoms with Crippen LogP contribution in [0, 0.1) is 26.9 Å². The van der Waals surface area contributed by atoms with E-state index in [9.17, 15) is 14.9 Å². The van der Waals surface area contributed by atoms with E-state index in [2.05, 4.69) is 88.9 Å². The molecule has 6 heteroatoms. The van der Waals surface area contributed by atoms with Gasteiger partial charge in [-0.2, -0.15) is 0 Å². The van der Waals surface area contributed by atoms with Gasteiger partial charge in [0.1, 0.15) is 0 Å². The van der Waals surface area contributed by atoms with Crippen molar-refractivity contribution in [3.8, 4) is 0 Å². The molecule has 2 saturated carbocycles. The Bertz CT molecular complexity index is 1640. The molecule has 3 fully saturated rings. The summed E-state index contributed by atoms with van der Waals surface area (Å²) in [7, 11) is 0. The molecule has 0 radical (unpaired) electrons. The lowest BCUT2D eigenvalue weighted by atomic mass is 9.71. The first-order chi connectivity index (χ1) is 18.3. The molecule has 0 amide bonds. The fourth-order valence-electron chi connectivity index (χ4n) is 6.82. The number of ketones is 1. The molecule has 5 nitrogen and oxygen atoms in total. The lowest BCUT2D eigenvalue weighted by molar-refractivity contribution is -0.384. The van der Waals surface area contributed by atoms with Crippen LogP contribution in [0.1, 0.15) is 57.9 Å². The van der Waals surface area contributed by atoms with Gasteiger partial charge in [-0.15, -0.1) is 11.3 Å². The number of Topliss-reactive ketones (excluding diaryl/α,β-unsaturated/α-hetero) is 1. The molecule has 0 N–H and O–H groups in total. The second kappa shape index (κ2) is 7.57. The zero-order chi connectivity index (χ0) is 27.6. The highest BCUT2D eigenvalue weighted by molar-refractivity contribution is 7.20. The third-order valence-corrected chi connectivity index (χ3v) is 10.1. The monoisotopic (exact) mass is 536 g/mol. The normalized spacial score (nSPS) is 27.0. The van der Waals surface area contributed by atoms with Crippen LogP contribution in [0.15, 0.2) is 83.5 Å². The standard InChI is InChI=1S/C33H32N2O3S/c1-31(2,3)22-15-20(16-23(29(22)36)32(4,5)6)28(25-17-18-10-7-8-13-24(18)39-25)34-30-27-26(33(27,30)34)19-11-9-12-21(14-19)35(37)38/h7-17,26-27,30H,1-6H3. The van der Waals surface area contributed by atoms with E-state index in [0.717, 1.165) is 22.3 Å². The molecule has 1 saturated heterocycles. The molecule has 4 unspecified atom stereocenters. The van der Waals surface area contributed by atoms with Crippen molar-refractivity contribution in [2.45, 2.75) is 59.0 Å². The summed E-state index contributed by atoms with van der Waals surface area (Å²) in [5.41, 5.74) is 4.69. The number of allylic oxidation sites excluding steroid dienone is 5. The fourth-order valence-corrected chi connectivity index (χ4v) is 7.95. The average Bonchev–Trinajstić information content (AvgIpc) is 3.76. The van der Waals surface area contributed by atoms with Crippen molar-refractivity contribution < 1.29 is 9.72 Å². The summed E-state index contributed by atoms with van der Waals surface area (Å²) in [5.74, 6) is 1.00. The number of rotatable bonds is 4. The van der Waals surface area contributed by atoms with Gasteiger partial charge in [0, 0.05) is 45.4 Å². The fraction of sp³-hybridized carbons (Fsp3) is 0.364. The van der Waals surface area contributed by atoms with Crippen molar-refractivity contribution in [1.82, 2.24) is 4.90 Å². The predicted molar refractivity (Wildman–Crippen MR) is 157 cm³/mol. The minimum Gasteiger partial charge on any atom is -0.355 e. The van der Waals surface area contributed by atoms with Crippen molar-refractivity contribution in [1.29, 1.82) is 0 Å². The Morgan fingerprint density at radius 1 is 0.949 bits per heavy atom. The van der Waals surface area contributed by atoms with E-state index in [-0.39, 0.29) is 32.8 Å². The smallest absolute Gasteiger partial charge is 0.269 e. The molecular weight excluding hydrogens is 504 g/mol. The summed E-state index contributed by atoms with van der Waals surface area (Å²) in [4.78, 5) is 28.6. The van der Waals surface area contributed by atoms with E-state index >= 15 is 0 Å². The van der Waals surface area contributed by atoms with Gasteiger partial charge in [-0.25, -0.2) is 0 Å². The number of nitrogens with zero attached hydrogens (tertiary/aromatic N) is 2. The van der Waals surface area contributed by atoms with Crippen LogP contribution in [-0.4, -0.2) is 27.2 Å². The number of likely N-dealkylation sites (tertiary alicyclic amines) is 1. The summed E-state index contributed by atoms with van der Waals surface area (Å²) in [5, 5.41) is 12.6. The van der Waals surface area contributed by atoms with Crippen LogP contribution in [0.25, 0.3) is 15.8 Å². The number of carbonyl (C=O) groups excluding carboxylic acids is 1. The molecule has 4 atom stereocenters. The van der Waals surface area contributed by atoms with Gasteiger partial charge in [0.2, 0.25) is 0 Å². The van der Waals surface area contributed by atoms with E-state index in [1.807, 2.05) is 6.07 Å². The summed E-state index contributed by atoms with van der Waals surface area (Å²) < 4.78 is 1.24. The molecule has 0 bridgehead atoms. The third-order valence-electron chi connectivity index (χ3n) is 8.93. The Balaban J connectivity index is 1.39. The largest absolute Gasteiger partial charge is 0.355 e. The van der Waals surface area contributed by atoms with Crippen molar-refractivity contribution in [3.63, 3.8) is 0 Å². The third kappa shape index (κ3) is 3.40. The van der Waals surface area contributed by atoms with Gasteiger partial charge in [-0.05, 0) is 46.1 Å². The Morgan fingerprint density at radius 3 is 2.23 bits per heavy atom. The van der Waals surface area contributed by atoms with Gasteiger partial charge < -0.3 is 4.90 Å². The zero-order valence-corrected chi connectivity index (χ0v) is 23.9. The number of non-ortho nitro benzene ring substituents is 1. The maximum Gasteiger partial charge on any atom is 0.269 e. The Hall–Kier alpha value is -3.51. The molecule has 1 spiro atoms. The molecule has 7 rings (SSSR count). The van der Waals surface area contributed by atoms with Crippen LogP contribution < -0.4 is 0 Å². The molecule has 2 aromatic carbocycles. The molecule has 1 aromatic heterocycles. The van der Waals surface area contributed by atoms with E-state index in [0.29, 0.717) is 17.9 Å². The van der Waals surface area contributed by atoms with E-state index in [4.69, 9.17) is 0 Å². The maximum absolute atomic E-state index is 13.7. The molecule has 198 valence electrons. The number of hydrogen-bond acceptors (Lipinski definition) is 5. The molecular formula is C33H32N2O3S. The molecule has 4 aliphatic rings. The molecule has 2 heterocycles. The van der Waals surface area contributed by atoms with Crippen LogP contribution in [0.3, 0.4) is 0 Å². The predicted octanol–water partition coefficient (Wildman–Crippen LogP) is 7.90. The first-order valence-electron chi connectivity index (χ1n) is 13.6. The van der Waals surface area contributed by atoms with Gasteiger partial charge in [0.25, 0.3) is 5.69 Å². The van der Waals surface area contributed by atoms with Crippen LogP contribution >= 0.6 is 11.3 Å². The number of benzene rings is 2. The summed E-state index contributed by atoms with van der Waals surface area (Å²) >= 11 is 1.80. The highest BCUT2D eigenvalue weighted by atomic mass is 32.1. The van der Waals surface area contributed by atoms with Gasteiger partial charge in [-0.1, -0.05) is 71.9 Å². The summed E-state index contributed by atoms with van der Waals surface area (Å²) in [6.07, 6.45) is 4.26. The maximum atomic E-state index is 13.7. The number of thiophene rings is 1. The first kappa shape index (κ1) is 24.5. The highest BCUT2D eigenvalue weighted by Gasteiger charge is 3.04. The van der Waals surface area contributed by atoms with E-state index in [1.165, 1.54) is 20.7 Å². The van der Waals surface area contributed by atoms with Crippen molar-refractivity contribution in [2.75, 3.05) is 0 Å². The van der Waals surface area contributed by atoms with Gasteiger partial charge in [0.15, 0.2) is 5.78 Å².